The molecule has 120 valence electrons. The van der Waals surface area contributed by atoms with E-state index in [9.17, 15) is 4.79 Å². The van der Waals surface area contributed by atoms with Crippen molar-refractivity contribution >= 4 is 23.5 Å². The monoisotopic (exact) mass is 320 g/mol. The average Bonchev–Trinajstić information content (AvgIpc) is 3.04. The summed E-state index contributed by atoms with van der Waals surface area (Å²) in [5, 5.41) is 3.22. The summed E-state index contributed by atoms with van der Waals surface area (Å²) < 4.78 is 0. The molecule has 3 rings (SSSR count). The predicted octanol–water partition coefficient (Wildman–Crippen LogP) is 1.21. The van der Waals surface area contributed by atoms with Crippen LogP contribution in [-0.4, -0.2) is 65.6 Å². The highest BCUT2D eigenvalue weighted by atomic mass is 32.2. The maximum absolute atomic E-state index is 12.4. The van der Waals surface area contributed by atoms with Crippen molar-refractivity contribution < 1.29 is 4.79 Å². The van der Waals surface area contributed by atoms with E-state index in [-0.39, 0.29) is 18.0 Å². The maximum atomic E-state index is 12.4. The van der Waals surface area contributed by atoms with Crippen molar-refractivity contribution in [2.24, 2.45) is 0 Å². The van der Waals surface area contributed by atoms with Gasteiger partial charge in [-0.3, -0.25) is 9.69 Å². The van der Waals surface area contributed by atoms with Gasteiger partial charge < -0.3 is 10.2 Å². The van der Waals surface area contributed by atoms with Crippen molar-refractivity contribution in [2.75, 3.05) is 42.6 Å². The van der Waals surface area contributed by atoms with Crippen LogP contribution in [0.2, 0.25) is 0 Å². The van der Waals surface area contributed by atoms with Crippen molar-refractivity contribution in [1.29, 1.82) is 0 Å². The molecule has 2 aliphatic heterocycles. The van der Waals surface area contributed by atoms with E-state index < -0.39 is 0 Å². The molecule has 0 radical (unpaired) electrons. The van der Waals surface area contributed by atoms with E-state index in [0.29, 0.717) is 0 Å². The smallest absolute Gasteiger partial charge is 0.237 e. The van der Waals surface area contributed by atoms with E-state index in [0.717, 1.165) is 49.9 Å². The van der Waals surface area contributed by atoms with Crippen LogP contribution in [0, 0.1) is 0 Å². The first-order chi connectivity index (χ1) is 10.7. The first-order valence-electron chi connectivity index (χ1n) is 8.02. The number of amides is 1. The first kappa shape index (κ1) is 15.6. The number of nitrogens with one attached hydrogen (secondary N) is 1. The van der Waals surface area contributed by atoms with Gasteiger partial charge >= 0.3 is 0 Å². The maximum Gasteiger partial charge on any atom is 0.237 e. The second kappa shape index (κ2) is 7.33. The van der Waals surface area contributed by atoms with Crippen LogP contribution in [0.4, 0.5) is 5.82 Å². The van der Waals surface area contributed by atoms with Crippen molar-refractivity contribution in [1.82, 2.24) is 15.2 Å². The summed E-state index contributed by atoms with van der Waals surface area (Å²) in [6, 6.07) is 6.17. The fraction of sp³-hybridized carbons (Fsp3) is 0.625. The lowest BCUT2D eigenvalue weighted by atomic mass is 10.2. The zero-order valence-corrected chi connectivity index (χ0v) is 13.9. The van der Waals surface area contributed by atoms with Gasteiger partial charge in [0.15, 0.2) is 0 Å². The standard InChI is InChI=1S/C16H24N4OS/c1-13(19-8-10-22-11-9-19)16(21)18-14-5-7-20(12-14)15-4-2-3-6-17-15/h2-4,6,13-14H,5,7-12H2,1H3,(H,18,21). The topological polar surface area (TPSA) is 48.5 Å². The molecule has 5 nitrogen and oxygen atoms in total. The molecule has 1 N–H and O–H groups in total. The molecule has 22 heavy (non-hydrogen) atoms. The van der Waals surface area contributed by atoms with Gasteiger partial charge in [-0.2, -0.15) is 11.8 Å². The van der Waals surface area contributed by atoms with E-state index >= 15 is 0 Å². The third-order valence-corrected chi connectivity index (χ3v) is 5.42. The molecule has 1 aromatic heterocycles. The zero-order valence-electron chi connectivity index (χ0n) is 13.1. The molecule has 2 atom stereocenters. The lowest BCUT2D eigenvalue weighted by Crippen LogP contribution is -2.51. The Labute approximate surface area is 136 Å². The minimum Gasteiger partial charge on any atom is -0.354 e. The van der Waals surface area contributed by atoms with Gasteiger partial charge in [0.2, 0.25) is 5.91 Å². The summed E-state index contributed by atoms with van der Waals surface area (Å²) in [7, 11) is 0. The van der Waals surface area contributed by atoms with Gasteiger partial charge in [0.05, 0.1) is 6.04 Å². The second-order valence-corrected chi connectivity index (χ2v) is 7.18. The zero-order chi connectivity index (χ0) is 15.4. The lowest BCUT2D eigenvalue weighted by molar-refractivity contribution is -0.126. The highest BCUT2D eigenvalue weighted by molar-refractivity contribution is 7.99. The summed E-state index contributed by atoms with van der Waals surface area (Å²) in [5.74, 6) is 3.43. The molecule has 0 bridgehead atoms. The van der Waals surface area contributed by atoms with Crippen molar-refractivity contribution in [3.05, 3.63) is 24.4 Å². The number of anilines is 1. The Kier molecular flexibility index (Phi) is 5.20. The van der Waals surface area contributed by atoms with Gasteiger partial charge in [-0.05, 0) is 25.5 Å². The molecule has 0 aliphatic carbocycles. The molecule has 6 heteroatoms. The fourth-order valence-electron chi connectivity index (χ4n) is 3.08. The molecular weight excluding hydrogens is 296 g/mol. The van der Waals surface area contributed by atoms with Gasteiger partial charge in [0, 0.05) is 49.9 Å². The third kappa shape index (κ3) is 3.73. The summed E-state index contributed by atoms with van der Waals surface area (Å²) in [6.07, 6.45) is 2.81. The van der Waals surface area contributed by atoms with Gasteiger partial charge in [0.1, 0.15) is 5.82 Å². The molecule has 0 aromatic carbocycles. The molecule has 0 saturated carbocycles. The molecule has 3 heterocycles. The van der Waals surface area contributed by atoms with E-state index in [2.05, 4.69) is 20.1 Å². The summed E-state index contributed by atoms with van der Waals surface area (Å²) >= 11 is 1.97. The largest absolute Gasteiger partial charge is 0.354 e. The van der Waals surface area contributed by atoms with E-state index in [4.69, 9.17) is 0 Å². The van der Waals surface area contributed by atoms with Crippen LogP contribution < -0.4 is 10.2 Å². The molecule has 2 saturated heterocycles. The average molecular weight is 320 g/mol. The highest BCUT2D eigenvalue weighted by Gasteiger charge is 2.28. The number of nitrogens with zero attached hydrogens (tertiary/aromatic N) is 3. The minimum absolute atomic E-state index is 0.0233. The van der Waals surface area contributed by atoms with E-state index in [1.807, 2.05) is 43.1 Å². The van der Waals surface area contributed by atoms with Crippen LogP contribution in [0.25, 0.3) is 0 Å². The number of carbonyl (C=O) groups excluding carboxylic acids is 1. The number of pyridine rings is 1. The molecule has 2 unspecified atom stereocenters. The number of hydrogen-bond acceptors (Lipinski definition) is 5. The van der Waals surface area contributed by atoms with Gasteiger partial charge in [-0.25, -0.2) is 4.98 Å². The number of hydrogen-bond donors (Lipinski definition) is 1. The Hall–Kier alpha value is -1.27. The number of carbonyl (C=O) groups is 1. The predicted molar refractivity (Wildman–Crippen MR) is 91.4 cm³/mol. The molecular formula is C16H24N4OS. The summed E-state index contributed by atoms with van der Waals surface area (Å²) in [4.78, 5) is 21.4. The third-order valence-electron chi connectivity index (χ3n) is 4.48. The van der Waals surface area contributed by atoms with Crippen molar-refractivity contribution in [3.63, 3.8) is 0 Å². The summed E-state index contributed by atoms with van der Waals surface area (Å²) in [6.45, 7) is 5.87. The molecule has 0 spiro atoms. The Balaban J connectivity index is 1.50. The first-order valence-corrected chi connectivity index (χ1v) is 9.17. The van der Waals surface area contributed by atoms with Gasteiger partial charge in [-0.15, -0.1) is 0 Å². The minimum atomic E-state index is -0.0233. The second-order valence-electron chi connectivity index (χ2n) is 5.95. The SMILES string of the molecule is CC(C(=O)NC1CCN(c2ccccn2)C1)N1CCSCC1. The van der Waals surface area contributed by atoms with Crippen LogP contribution in [0.5, 0.6) is 0 Å². The summed E-state index contributed by atoms with van der Waals surface area (Å²) in [5.41, 5.74) is 0. The number of rotatable bonds is 4. The Bertz CT molecular complexity index is 492. The van der Waals surface area contributed by atoms with Crippen LogP contribution in [-0.2, 0) is 4.79 Å². The van der Waals surface area contributed by atoms with Crippen molar-refractivity contribution in [3.8, 4) is 0 Å². The van der Waals surface area contributed by atoms with Crippen LogP contribution in [0.15, 0.2) is 24.4 Å². The molecule has 1 aromatic rings. The van der Waals surface area contributed by atoms with Crippen LogP contribution in [0.3, 0.4) is 0 Å². The quantitative estimate of drug-likeness (QED) is 0.904. The lowest BCUT2D eigenvalue weighted by Gasteiger charge is -2.31. The Morgan fingerprint density at radius 2 is 2.18 bits per heavy atom. The fourth-order valence-corrected chi connectivity index (χ4v) is 4.01. The molecule has 1 amide bonds. The molecule has 2 fully saturated rings. The van der Waals surface area contributed by atoms with Gasteiger partial charge in [-0.1, -0.05) is 6.07 Å². The van der Waals surface area contributed by atoms with Crippen molar-refractivity contribution in [2.45, 2.75) is 25.4 Å². The van der Waals surface area contributed by atoms with Crippen LogP contribution >= 0.6 is 11.8 Å². The Morgan fingerprint density at radius 1 is 1.36 bits per heavy atom. The van der Waals surface area contributed by atoms with E-state index in [1.165, 1.54) is 0 Å². The van der Waals surface area contributed by atoms with Gasteiger partial charge in [0.25, 0.3) is 0 Å². The normalized spacial score (nSPS) is 24.2. The number of aromatic nitrogens is 1. The Morgan fingerprint density at radius 3 is 2.91 bits per heavy atom. The van der Waals surface area contributed by atoms with Crippen LogP contribution in [0.1, 0.15) is 13.3 Å². The van der Waals surface area contributed by atoms with E-state index in [1.54, 1.807) is 0 Å². The highest BCUT2D eigenvalue weighted by Crippen LogP contribution is 2.18. The molecule has 2 aliphatic rings. The number of thioether (sulfide) groups is 1.